The van der Waals surface area contributed by atoms with Crippen molar-refractivity contribution in [3.05, 3.63) is 29.6 Å². The summed E-state index contributed by atoms with van der Waals surface area (Å²) in [7, 11) is 0. The maximum atomic E-state index is 10.7. The molecule has 1 aromatic heterocycles. The van der Waals surface area contributed by atoms with E-state index in [1.807, 2.05) is 0 Å². The second-order valence-electron chi connectivity index (χ2n) is 2.20. The van der Waals surface area contributed by atoms with Crippen LogP contribution in [0.3, 0.4) is 0 Å². The van der Waals surface area contributed by atoms with E-state index < -0.39 is 5.91 Å². The number of aromatic nitrogens is 1. The first-order chi connectivity index (χ1) is 5.75. The van der Waals surface area contributed by atoms with Crippen LogP contribution in [0.15, 0.2) is 18.3 Å². The van der Waals surface area contributed by atoms with Crippen LogP contribution < -0.4 is 5.73 Å². The molecule has 0 fully saturated rings. The molecule has 0 aromatic carbocycles. The fourth-order valence-electron chi connectivity index (χ4n) is 0.881. The third-order valence-corrected chi connectivity index (χ3v) is 1.39. The molecule has 0 atom stereocenters. The number of carbonyl (C=O) groups is 1. The molecular formula is C8H7N2O2. The molecular weight excluding hydrogens is 156 g/mol. The zero-order chi connectivity index (χ0) is 8.97. The molecule has 12 heavy (non-hydrogen) atoms. The predicted octanol–water partition coefficient (Wildman–Crippen LogP) is -0.167. The molecule has 0 bridgehead atoms. The van der Waals surface area contributed by atoms with Crippen LogP contribution in [0, 0.1) is 0 Å². The zero-order valence-corrected chi connectivity index (χ0v) is 6.28. The summed E-state index contributed by atoms with van der Waals surface area (Å²) in [6.07, 6.45) is 3.18. The number of hydrogen-bond acceptors (Lipinski definition) is 3. The third-order valence-electron chi connectivity index (χ3n) is 1.39. The van der Waals surface area contributed by atoms with Crippen LogP contribution in [0.4, 0.5) is 0 Å². The monoisotopic (exact) mass is 163 g/mol. The first-order valence-corrected chi connectivity index (χ1v) is 3.34. The highest BCUT2D eigenvalue weighted by molar-refractivity contribution is 5.92. The van der Waals surface area contributed by atoms with Crippen molar-refractivity contribution in [2.24, 2.45) is 5.73 Å². The highest BCUT2D eigenvalue weighted by Gasteiger charge is 2.07. The fraction of sp³-hybridized carbons (Fsp3) is 0.125. The van der Waals surface area contributed by atoms with E-state index in [9.17, 15) is 9.59 Å². The van der Waals surface area contributed by atoms with Gasteiger partial charge in [0, 0.05) is 12.6 Å². The Bertz CT molecular complexity index is 310. The summed E-state index contributed by atoms with van der Waals surface area (Å²) < 4.78 is 0. The van der Waals surface area contributed by atoms with Gasteiger partial charge in [-0.25, -0.2) is 0 Å². The van der Waals surface area contributed by atoms with Crippen molar-refractivity contribution in [1.29, 1.82) is 0 Å². The quantitative estimate of drug-likeness (QED) is 0.672. The molecule has 2 N–H and O–H groups in total. The molecule has 1 heterocycles. The van der Waals surface area contributed by atoms with Gasteiger partial charge in [0.15, 0.2) is 0 Å². The van der Waals surface area contributed by atoms with Gasteiger partial charge in [-0.3, -0.25) is 14.6 Å². The van der Waals surface area contributed by atoms with E-state index in [2.05, 4.69) is 4.98 Å². The average molecular weight is 163 g/mol. The van der Waals surface area contributed by atoms with Crippen LogP contribution in [0.25, 0.3) is 0 Å². The van der Waals surface area contributed by atoms with E-state index in [4.69, 9.17) is 5.73 Å². The van der Waals surface area contributed by atoms with Crippen molar-refractivity contribution in [3.63, 3.8) is 0 Å². The number of carbonyl (C=O) groups excluding carboxylic acids is 2. The minimum atomic E-state index is -0.624. The average Bonchev–Trinajstić information content (AvgIpc) is 2.05. The van der Waals surface area contributed by atoms with E-state index in [-0.39, 0.29) is 12.1 Å². The Hall–Kier alpha value is -1.71. The van der Waals surface area contributed by atoms with E-state index in [1.165, 1.54) is 6.20 Å². The Labute approximate surface area is 69.4 Å². The largest absolute Gasteiger partial charge is 0.364 e. The first kappa shape index (κ1) is 8.39. The van der Waals surface area contributed by atoms with Crippen molar-refractivity contribution in [1.82, 2.24) is 4.98 Å². The normalized spacial score (nSPS) is 9.33. The molecule has 1 rings (SSSR count). The maximum absolute atomic E-state index is 10.7. The summed E-state index contributed by atoms with van der Waals surface area (Å²) in [5.74, 6) is -0.624. The maximum Gasteiger partial charge on any atom is 0.267 e. The number of amides is 1. The summed E-state index contributed by atoms with van der Waals surface area (Å²) in [6, 6.07) is 3.26. The van der Waals surface area contributed by atoms with Gasteiger partial charge in [0.2, 0.25) is 6.29 Å². The number of nitrogens with two attached hydrogens (primary N) is 1. The van der Waals surface area contributed by atoms with Crippen LogP contribution in [-0.2, 0) is 11.2 Å². The molecule has 0 saturated heterocycles. The highest BCUT2D eigenvalue weighted by atomic mass is 16.1. The van der Waals surface area contributed by atoms with Gasteiger partial charge in [0.1, 0.15) is 5.69 Å². The Morgan fingerprint density at radius 2 is 2.42 bits per heavy atom. The van der Waals surface area contributed by atoms with Crippen LogP contribution in [0.1, 0.15) is 16.1 Å². The molecule has 0 aliphatic heterocycles. The predicted molar refractivity (Wildman–Crippen MR) is 42.2 cm³/mol. The van der Waals surface area contributed by atoms with Crippen molar-refractivity contribution < 1.29 is 9.59 Å². The molecule has 4 nitrogen and oxygen atoms in total. The number of rotatable bonds is 3. The minimum absolute atomic E-state index is 0.0477. The Morgan fingerprint density at radius 3 is 3.00 bits per heavy atom. The lowest BCUT2D eigenvalue weighted by atomic mass is 10.1. The van der Waals surface area contributed by atoms with Crippen LogP contribution in [-0.4, -0.2) is 17.2 Å². The van der Waals surface area contributed by atoms with Gasteiger partial charge in [-0.2, -0.15) is 0 Å². The lowest BCUT2D eigenvalue weighted by molar-refractivity contribution is 0.0995. The zero-order valence-electron chi connectivity index (χ0n) is 6.28. The standard InChI is InChI=1S/C8H7N2O2/c9-8(12)7-6(3-5-11)2-1-4-10-7/h1-2,4H,3H2,(H2,9,12). The minimum Gasteiger partial charge on any atom is -0.364 e. The SMILES string of the molecule is NC(=O)c1ncccc1C[C]=O. The lowest BCUT2D eigenvalue weighted by Gasteiger charge is -1.99. The highest BCUT2D eigenvalue weighted by Crippen LogP contribution is 2.03. The fourth-order valence-corrected chi connectivity index (χ4v) is 0.881. The van der Waals surface area contributed by atoms with E-state index in [1.54, 1.807) is 18.4 Å². The second-order valence-corrected chi connectivity index (χ2v) is 2.20. The molecule has 1 radical (unpaired) electrons. The van der Waals surface area contributed by atoms with Crippen LogP contribution in [0.5, 0.6) is 0 Å². The molecule has 0 aliphatic carbocycles. The van der Waals surface area contributed by atoms with Crippen molar-refractivity contribution in [2.75, 3.05) is 0 Å². The van der Waals surface area contributed by atoms with Gasteiger partial charge in [0.25, 0.3) is 5.91 Å². The third kappa shape index (κ3) is 1.66. The second kappa shape index (κ2) is 3.61. The molecule has 0 saturated carbocycles. The lowest BCUT2D eigenvalue weighted by Crippen LogP contribution is -2.15. The molecule has 61 valence electrons. The smallest absolute Gasteiger partial charge is 0.267 e. The molecule has 1 aromatic rings. The van der Waals surface area contributed by atoms with Gasteiger partial charge in [-0.05, 0) is 11.6 Å². The number of hydrogen-bond donors (Lipinski definition) is 1. The molecule has 0 spiro atoms. The number of pyridine rings is 1. The van der Waals surface area contributed by atoms with Crippen LogP contribution in [0.2, 0.25) is 0 Å². The number of nitrogens with zero attached hydrogens (tertiary/aromatic N) is 1. The Balaban J connectivity index is 3.07. The first-order valence-electron chi connectivity index (χ1n) is 3.34. The molecule has 4 heteroatoms. The van der Waals surface area contributed by atoms with Gasteiger partial charge < -0.3 is 5.73 Å². The van der Waals surface area contributed by atoms with Crippen molar-refractivity contribution in [3.8, 4) is 0 Å². The van der Waals surface area contributed by atoms with Gasteiger partial charge >= 0.3 is 0 Å². The molecule has 1 amide bonds. The van der Waals surface area contributed by atoms with E-state index in [0.29, 0.717) is 5.56 Å². The Morgan fingerprint density at radius 1 is 1.67 bits per heavy atom. The summed E-state index contributed by atoms with van der Waals surface area (Å²) in [5.41, 5.74) is 5.67. The van der Waals surface area contributed by atoms with Gasteiger partial charge in [0.05, 0.1) is 0 Å². The summed E-state index contributed by atoms with van der Waals surface area (Å²) in [5, 5.41) is 0. The van der Waals surface area contributed by atoms with Gasteiger partial charge in [-0.1, -0.05) is 6.07 Å². The van der Waals surface area contributed by atoms with E-state index in [0.717, 1.165) is 0 Å². The molecule has 0 unspecified atom stereocenters. The Kier molecular flexibility index (Phi) is 2.53. The molecule has 0 aliphatic rings. The van der Waals surface area contributed by atoms with Crippen LogP contribution >= 0.6 is 0 Å². The summed E-state index contributed by atoms with van der Waals surface area (Å²) in [6.45, 7) is 0. The topological polar surface area (TPSA) is 73.1 Å². The van der Waals surface area contributed by atoms with Crippen molar-refractivity contribution >= 4 is 12.2 Å². The van der Waals surface area contributed by atoms with E-state index >= 15 is 0 Å². The van der Waals surface area contributed by atoms with Crippen molar-refractivity contribution in [2.45, 2.75) is 6.42 Å². The van der Waals surface area contributed by atoms with Gasteiger partial charge in [-0.15, -0.1) is 0 Å². The number of primary amides is 1. The summed E-state index contributed by atoms with van der Waals surface area (Å²) in [4.78, 5) is 24.5. The summed E-state index contributed by atoms with van der Waals surface area (Å²) >= 11 is 0.